The van der Waals surface area contributed by atoms with E-state index >= 15 is 0 Å². The lowest BCUT2D eigenvalue weighted by molar-refractivity contribution is -0.139. The van der Waals surface area contributed by atoms with Crippen LogP contribution in [0.1, 0.15) is 28.2 Å². The van der Waals surface area contributed by atoms with Gasteiger partial charge in [-0.3, -0.25) is 0 Å². The number of fused-ring (bicyclic) bond motifs is 3. The molecular formula is C27H26N2O6. The Bertz CT molecular complexity index is 1180. The van der Waals surface area contributed by atoms with Crippen molar-refractivity contribution in [3.63, 3.8) is 0 Å². The molecule has 0 heterocycles. The van der Waals surface area contributed by atoms with Gasteiger partial charge in [0.05, 0.1) is 7.11 Å². The van der Waals surface area contributed by atoms with Crippen LogP contribution >= 0.6 is 0 Å². The van der Waals surface area contributed by atoms with E-state index in [0.717, 1.165) is 22.3 Å². The minimum atomic E-state index is -1.16. The second-order valence-electron chi connectivity index (χ2n) is 8.23. The summed E-state index contributed by atoms with van der Waals surface area (Å²) in [6.07, 6.45) is -1.21. The number of amides is 2. The molecular weight excluding hydrogens is 448 g/mol. The molecule has 0 spiro atoms. The van der Waals surface area contributed by atoms with E-state index in [1.54, 1.807) is 24.3 Å². The molecule has 0 aromatic heterocycles. The Hall–Kier alpha value is -4.33. The molecule has 1 atom stereocenters. The van der Waals surface area contributed by atoms with Gasteiger partial charge in [0, 0.05) is 18.9 Å². The third-order valence-electron chi connectivity index (χ3n) is 6.02. The number of hydrogen-bond acceptors (Lipinski definition) is 5. The van der Waals surface area contributed by atoms with Crippen molar-refractivity contribution in [2.24, 2.45) is 0 Å². The van der Waals surface area contributed by atoms with Gasteiger partial charge in [-0.05, 0) is 33.4 Å². The number of carbonyl (C=O) groups excluding carboxylic acids is 2. The van der Waals surface area contributed by atoms with Crippen LogP contribution in [0.15, 0.2) is 72.8 Å². The zero-order valence-corrected chi connectivity index (χ0v) is 19.2. The van der Waals surface area contributed by atoms with Gasteiger partial charge in [0.1, 0.15) is 12.6 Å². The molecule has 8 heteroatoms. The normalized spacial score (nSPS) is 12.7. The largest absolute Gasteiger partial charge is 0.480 e. The molecule has 0 radical (unpaired) electrons. The number of ether oxygens (including phenoxy) is 2. The zero-order valence-electron chi connectivity index (χ0n) is 19.2. The van der Waals surface area contributed by atoms with Crippen molar-refractivity contribution >= 4 is 18.2 Å². The molecule has 0 aliphatic heterocycles. The highest BCUT2D eigenvalue weighted by atomic mass is 16.5. The molecule has 180 valence electrons. The molecule has 35 heavy (non-hydrogen) atoms. The first-order valence-electron chi connectivity index (χ1n) is 11.2. The molecule has 8 nitrogen and oxygen atoms in total. The molecule has 1 aliphatic carbocycles. The highest BCUT2D eigenvalue weighted by molar-refractivity contribution is 5.80. The van der Waals surface area contributed by atoms with Gasteiger partial charge in [-0.15, -0.1) is 0 Å². The van der Waals surface area contributed by atoms with Gasteiger partial charge in [0.25, 0.3) is 0 Å². The Morgan fingerprint density at radius 2 is 1.43 bits per heavy atom. The zero-order chi connectivity index (χ0) is 24.8. The molecule has 3 aromatic carbocycles. The van der Waals surface area contributed by atoms with Crippen LogP contribution in [0.4, 0.5) is 9.59 Å². The van der Waals surface area contributed by atoms with Gasteiger partial charge >= 0.3 is 18.2 Å². The summed E-state index contributed by atoms with van der Waals surface area (Å²) >= 11 is 0. The fourth-order valence-corrected chi connectivity index (χ4v) is 4.25. The monoisotopic (exact) mass is 474 g/mol. The van der Waals surface area contributed by atoms with Crippen molar-refractivity contribution in [2.75, 3.05) is 13.7 Å². The quantitative estimate of drug-likeness (QED) is 0.453. The van der Waals surface area contributed by atoms with Gasteiger partial charge in [-0.2, -0.15) is 0 Å². The average molecular weight is 475 g/mol. The second kappa shape index (κ2) is 10.7. The Morgan fingerprint density at radius 1 is 0.857 bits per heavy atom. The van der Waals surface area contributed by atoms with Crippen LogP contribution in [0.5, 0.6) is 0 Å². The predicted octanol–water partition coefficient (Wildman–Crippen LogP) is 4.08. The van der Waals surface area contributed by atoms with Crippen LogP contribution in [0.2, 0.25) is 0 Å². The molecule has 3 aromatic rings. The maximum absolute atomic E-state index is 12.4. The highest BCUT2D eigenvalue weighted by Gasteiger charge is 2.29. The van der Waals surface area contributed by atoms with Crippen molar-refractivity contribution in [3.05, 3.63) is 95.1 Å². The molecule has 0 saturated heterocycles. The Balaban J connectivity index is 1.29. The van der Waals surface area contributed by atoms with Crippen molar-refractivity contribution in [1.82, 2.24) is 10.6 Å². The Kier molecular flexibility index (Phi) is 7.30. The van der Waals surface area contributed by atoms with E-state index in [1.165, 1.54) is 18.2 Å². The lowest BCUT2D eigenvalue weighted by Gasteiger charge is -2.15. The second-order valence-corrected chi connectivity index (χ2v) is 8.23. The van der Waals surface area contributed by atoms with E-state index in [2.05, 4.69) is 39.6 Å². The SMILES string of the molecule is COC(=O)NC(Cc1ccc(CNC(=O)OCC2c3ccccc3-c3ccccc32)cc1)C(=O)O. The van der Waals surface area contributed by atoms with Gasteiger partial charge in [0.2, 0.25) is 0 Å². The van der Waals surface area contributed by atoms with Gasteiger partial charge in [0.15, 0.2) is 0 Å². The molecule has 0 saturated carbocycles. The van der Waals surface area contributed by atoms with Gasteiger partial charge < -0.3 is 25.2 Å². The van der Waals surface area contributed by atoms with Crippen molar-refractivity contribution < 1.29 is 29.0 Å². The first kappa shape index (κ1) is 23.8. The number of benzene rings is 3. The van der Waals surface area contributed by atoms with Crippen LogP contribution in [-0.4, -0.2) is 43.0 Å². The van der Waals surface area contributed by atoms with Crippen LogP contribution < -0.4 is 10.6 Å². The molecule has 4 rings (SSSR count). The summed E-state index contributed by atoms with van der Waals surface area (Å²) in [6.45, 7) is 0.502. The predicted molar refractivity (Wildman–Crippen MR) is 129 cm³/mol. The fourth-order valence-electron chi connectivity index (χ4n) is 4.25. The van der Waals surface area contributed by atoms with Crippen molar-refractivity contribution in [3.8, 4) is 11.1 Å². The number of carboxylic acids is 1. The van der Waals surface area contributed by atoms with E-state index in [9.17, 15) is 19.5 Å². The topological polar surface area (TPSA) is 114 Å². The fraction of sp³-hybridized carbons (Fsp3) is 0.222. The molecule has 1 aliphatic rings. The summed E-state index contributed by atoms with van der Waals surface area (Å²) in [7, 11) is 1.17. The van der Waals surface area contributed by atoms with Crippen LogP contribution in [0.25, 0.3) is 11.1 Å². The number of aliphatic carboxylic acids is 1. The number of nitrogens with one attached hydrogen (secondary N) is 2. The molecule has 0 fully saturated rings. The average Bonchev–Trinajstić information content (AvgIpc) is 3.20. The minimum absolute atomic E-state index is 0.00628. The standard InChI is InChI=1S/C27H26N2O6/c1-34-27(33)29-24(25(30)31)14-17-10-12-18(13-11-17)15-28-26(32)35-16-23-21-8-4-2-6-19(21)20-7-3-5-9-22(20)23/h2-13,23-24H,14-16H2,1H3,(H,28,32)(H,29,33)(H,30,31). The summed E-state index contributed by atoms with van der Waals surface area (Å²) in [6, 6.07) is 22.3. The van der Waals surface area contributed by atoms with E-state index in [4.69, 9.17) is 4.74 Å². The summed E-state index contributed by atoms with van der Waals surface area (Å²) in [5.41, 5.74) is 6.19. The third kappa shape index (κ3) is 5.60. The number of carbonyl (C=O) groups is 3. The number of hydrogen-bond donors (Lipinski definition) is 3. The van der Waals surface area contributed by atoms with Crippen LogP contribution in [0.3, 0.4) is 0 Å². The lowest BCUT2D eigenvalue weighted by Crippen LogP contribution is -2.42. The Labute approximate surface area is 202 Å². The molecule has 3 N–H and O–H groups in total. The maximum Gasteiger partial charge on any atom is 0.407 e. The Morgan fingerprint density at radius 3 is 2.00 bits per heavy atom. The van der Waals surface area contributed by atoms with Crippen LogP contribution in [0, 0.1) is 0 Å². The number of carboxylic acid groups (broad SMARTS) is 1. The van der Waals surface area contributed by atoms with Gasteiger partial charge in [-0.1, -0.05) is 72.8 Å². The number of alkyl carbamates (subject to hydrolysis) is 2. The number of rotatable bonds is 8. The van der Waals surface area contributed by atoms with Crippen molar-refractivity contribution in [2.45, 2.75) is 24.9 Å². The van der Waals surface area contributed by atoms with Gasteiger partial charge in [-0.25, -0.2) is 14.4 Å². The molecule has 2 amide bonds. The number of methoxy groups -OCH3 is 1. The summed E-state index contributed by atoms with van der Waals surface area (Å²) in [4.78, 5) is 35.1. The first-order chi connectivity index (χ1) is 17.0. The molecule has 0 bridgehead atoms. The van der Waals surface area contributed by atoms with E-state index in [1.807, 2.05) is 24.3 Å². The third-order valence-corrected chi connectivity index (χ3v) is 6.02. The maximum atomic E-state index is 12.4. The molecule has 1 unspecified atom stereocenters. The van der Waals surface area contributed by atoms with Crippen molar-refractivity contribution in [1.29, 1.82) is 0 Å². The highest BCUT2D eigenvalue weighted by Crippen LogP contribution is 2.44. The smallest absolute Gasteiger partial charge is 0.407 e. The summed E-state index contributed by atoms with van der Waals surface area (Å²) < 4.78 is 10.0. The minimum Gasteiger partial charge on any atom is -0.480 e. The first-order valence-corrected chi connectivity index (χ1v) is 11.2. The lowest BCUT2D eigenvalue weighted by atomic mass is 9.98. The van der Waals surface area contributed by atoms with E-state index in [0.29, 0.717) is 0 Å². The van der Waals surface area contributed by atoms with Crippen LogP contribution in [-0.2, 0) is 27.2 Å². The summed E-state index contributed by atoms with van der Waals surface area (Å²) in [5, 5.41) is 14.3. The van der Waals surface area contributed by atoms with E-state index < -0.39 is 24.2 Å². The van der Waals surface area contributed by atoms with E-state index in [-0.39, 0.29) is 25.5 Å². The summed E-state index contributed by atoms with van der Waals surface area (Å²) in [5.74, 6) is -1.16.